The van der Waals surface area contributed by atoms with E-state index >= 15 is 0 Å². The highest BCUT2D eigenvalue weighted by Crippen LogP contribution is 2.39. The Bertz CT molecular complexity index is 1990. The van der Waals surface area contributed by atoms with Crippen molar-refractivity contribution in [2.75, 3.05) is 13.7 Å². The molecule has 1 aliphatic heterocycles. The number of aromatic nitrogens is 1. The van der Waals surface area contributed by atoms with Gasteiger partial charge in [0.25, 0.3) is 5.56 Å². The molecule has 0 N–H and O–H groups in total. The van der Waals surface area contributed by atoms with E-state index in [0.29, 0.717) is 31.9 Å². The van der Waals surface area contributed by atoms with Crippen molar-refractivity contribution in [2.24, 2.45) is 4.99 Å². The summed E-state index contributed by atoms with van der Waals surface area (Å²) in [6, 6.07) is 14.3. The van der Waals surface area contributed by atoms with Gasteiger partial charge in [-0.15, -0.1) is 0 Å². The molecular formula is C31H22Cl3F3N2O5S. The minimum absolute atomic E-state index is 0.0342. The molecule has 4 aromatic rings. The second-order valence-electron chi connectivity index (χ2n) is 9.53. The average Bonchev–Trinajstić information content (AvgIpc) is 3.31. The van der Waals surface area contributed by atoms with Crippen LogP contribution in [-0.4, -0.2) is 30.4 Å². The van der Waals surface area contributed by atoms with Gasteiger partial charge in [-0.2, -0.15) is 13.2 Å². The first-order chi connectivity index (χ1) is 21.4. The number of ether oxygens (including phenoxy) is 3. The highest BCUT2D eigenvalue weighted by molar-refractivity contribution is 7.07. The number of hydrogen-bond donors (Lipinski definition) is 0. The van der Waals surface area contributed by atoms with Crippen LogP contribution in [0.3, 0.4) is 0 Å². The van der Waals surface area contributed by atoms with Crippen molar-refractivity contribution in [1.29, 1.82) is 0 Å². The van der Waals surface area contributed by atoms with Gasteiger partial charge >= 0.3 is 12.1 Å². The fourth-order valence-electron chi connectivity index (χ4n) is 4.69. The third kappa shape index (κ3) is 6.76. The number of nitrogens with zero attached hydrogens (tertiary/aromatic N) is 2. The normalized spacial score (nSPS) is 15.0. The molecule has 1 atom stereocenters. The van der Waals surface area contributed by atoms with E-state index in [1.807, 2.05) is 0 Å². The fraction of sp³-hybridized carbons (Fsp3) is 0.194. The molecule has 0 aliphatic carbocycles. The van der Waals surface area contributed by atoms with Crippen LogP contribution in [0.5, 0.6) is 11.5 Å². The molecule has 0 unspecified atom stereocenters. The summed E-state index contributed by atoms with van der Waals surface area (Å²) < 4.78 is 60.8. The Kier molecular flexibility index (Phi) is 9.64. The number of halogens is 6. The highest BCUT2D eigenvalue weighted by Gasteiger charge is 2.45. The van der Waals surface area contributed by atoms with Crippen molar-refractivity contribution in [2.45, 2.75) is 25.7 Å². The number of carbonyl (C=O) groups is 1. The number of methoxy groups -OCH3 is 1. The van der Waals surface area contributed by atoms with Gasteiger partial charge in [-0.3, -0.25) is 9.36 Å². The van der Waals surface area contributed by atoms with Gasteiger partial charge in [0.2, 0.25) is 0 Å². The van der Waals surface area contributed by atoms with Gasteiger partial charge in [0.1, 0.15) is 6.61 Å². The Balaban J connectivity index is 1.69. The van der Waals surface area contributed by atoms with Crippen LogP contribution in [0.1, 0.15) is 29.7 Å². The number of benzene rings is 3. The molecule has 5 rings (SSSR count). The lowest BCUT2D eigenvalue weighted by Gasteiger charge is -2.26. The zero-order valence-corrected chi connectivity index (χ0v) is 26.5. The zero-order valence-electron chi connectivity index (χ0n) is 23.5. The standard InChI is InChI=1S/C31H22Cl3F3N2O5S/c1-3-43-29(41)24-25(17-8-10-19(32)11-9-17)39-28(40)23(45-30(39)38-27(24)31(35,36)37)14-18-5-4-6-22(42-2)26(18)44-15-16-7-12-20(33)21(34)13-16/h4-14,25H,3,15H2,1-2H3/b23-14-/t25-/m1/s1. The molecule has 14 heteroatoms. The fourth-order valence-corrected chi connectivity index (χ4v) is 6.13. The van der Waals surface area contributed by atoms with Crippen LogP contribution in [0.4, 0.5) is 13.2 Å². The first-order valence-electron chi connectivity index (χ1n) is 13.2. The number of carbonyl (C=O) groups excluding carboxylic acids is 1. The van der Waals surface area contributed by atoms with Crippen LogP contribution in [0.15, 0.2) is 81.7 Å². The quantitative estimate of drug-likeness (QED) is 0.188. The minimum Gasteiger partial charge on any atom is -0.493 e. The number of allylic oxidation sites excluding steroid dienone is 1. The third-order valence-electron chi connectivity index (χ3n) is 6.66. The number of alkyl halides is 3. The van der Waals surface area contributed by atoms with Gasteiger partial charge in [-0.1, -0.05) is 76.5 Å². The summed E-state index contributed by atoms with van der Waals surface area (Å²) in [5.41, 5.74) is -1.62. The van der Waals surface area contributed by atoms with Crippen LogP contribution in [-0.2, 0) is 16.1 Å². The van der Waals surface area contributed by atoms with Crippen molar-refractivity contribution < 1.29 is 32.2 Å². The monoisotopic (exact) mass is 696 g/mol. The summed E-state index contributed by atoms with van der Waals surface area (Å²) in [5.74, 6) is -0.623. The Morgan fingerprint density at radius 3 is 2.44 bits per heavy atom. The number of esters is 1. The third-order valence-corrected chi connectivity index (χ3v) is 8.64. The lowest BCUT2D eigenvalue weighted by atomic mass is 9.95. The van der Waals surface area contributed by atoms with Crippen LogP contribution in [0.2, 0.25) is 15.1 Å². The summed E-state index contributed by atoms with van der Waals surface area (Å²) >= 11 is 18.9. The van der Waals surface area contributed by atoms with Crippen LogP contribution < -0.4 is 24.4 Å². The maximum atomic E-state index is 14.4. The topological polar surface area (TPSA) is 79.1 Å². The minimum atomic E-state index is -5.03. The predicted molar refractivity (Wildman–Crippen MR) is 166 cm³/mol. The Morgan fingerprint density at radius 2 is 1.80 bits per heavy atom. The molecule has 2 heterocycles. The molecule has 0 radical (unpaired) electrons. The number of hydrogen-bond acceptors (Lipinski definition) is 7. The van der Waals surface area contributed by atoms with E-state index < -0.39 is 35.0 Å². The van der Waals surface area contributed by atoms with Gasteiger partial charge in [0.15, 0.2) is 22.0 Å². The number of thiazole rings is 1. The van der Waals surface area contributed by atoms with Crippen LogP contribution in [0, 0.1) is 0 Å². The van der Waals surface area contributed by atoms with E-state index in [1.165, 1.54) is 44.4 Å². The first-order valence-corrected chi connectivity index (χ1v) is 15.2. The van der Waals surface area contributed by atoms with E-state index in [2.05, 4.69) is 4.99 Å². The lowest BCUT2D eigenvalue weighted by molar-refractivity contribution is -0.140. The summed E-state index contributed by atoms with van der Waals surface area (Å²) in [6.07, 6.45) is -3.56. The van der Waals surface area contributed by atoms with Gasteiger partial charge in [-0.05, 0) is 54.5 Å². The lowest BCUT2D eigenvalue weighted by Crippen LogP contribution is -2.41. The number of para-hydroxylation sites is 1. The Labute approximate surface area is 273 Å². The molecule has 0 bridgehead atoms. The van der Waals surface area contributed by atoms with Gasteiger partial charge in [0.05, 0.1) is 39.9 Å². The van der Waals surface area contributed by atoms with Crippen molar-refractivity contribution in [3.8, 4) is 11.5 Å². The molecule has 0 amide bonds. The molecule has 7 nitrogen and oxygen atoms in total. The number of rotatable bonds is 8. The van der Waals surface area contributed by atoms with Crippen molar-refractivity contribution in [3.05, 3.63) is 123 Å². The van der Waals surface area contributed by atoms with Gasteiger partial charge in [-0.25, -0.2) is 9.79 Å². The molecule has 3 aromatic carbocycles. The Morgan fingerprint density at radius 1 is 1.07 bits per heavy atom. The maximum Gasteiger partial charge on any atom is 0.434 e. The molecule has 1 aliphatic rings. The second-order valence-corrected chi connectivity index (χ2v) is 11.8. The summed E-state index contributed by atoms with van der Waals surface area (Å²) in [7, 11) is 1.45. The first kappa shape index (κ1) is 32.6. The summed E-state index contributed by atoms with van der Waals surface area (Å²) in [4.78, 5) is 30.5. The van der Waals surface area contributed by atoms with E-state index in [9.17, 15) is 22.8 Å². The zero-order chi connectivity index (χ0) is 32.5. The molecule has 0 fully saturated rings. The number of fused-ring (bicyclic) bond motifs is 1. The van der Waals surface area contributed by atoms with Gasteiger partial charge < -0.3 is 14.2 Å². The maximum absolute atomic E-state index is 14.4. The molecule has 45 heavy (non-hydrogen) atoms. The average molecular weight is 698 g/mol. The molecule has 1 aromatic heterocycles. The van der Waals surface area contributed by atoms with Crippen LogP contribution >= 0.6 is 46.1 Å². The van der Waals surface area contributed by atoms with E-state index in [-0.39, 0.29) is 33.9 Å². The Hall–Kier alpha value is -3.77. The SMILES string of the molecule is CCOC(=O)C1=C(C(F)(F)F)N=c2s/c(=C\c3cccc(OC)c3OCc3ccc(Cl)c(Cl)c3)c(=O)n2[C@@H]1c1ccc(Cl)cc1. The smallest absolute Gasteiger partial charge is 0.434 e. The van der Waals surface area contributed by atoms with Crippen LogP contribution in [0.25, 0.3) is 6.08 Å². The molecule has 0 saturated carbocycles. The molecule has 234 valence electrons. The van der Waals surface area contributed by atoms with E-state index in [4.69, 9.17) is 49.0 Å². The predicted octanol–water partition coefficient (Wildman–Crippen LogP) is 6.89. The van der Waals surface area contributed by atoms with E-state index in [0.717, 1.165) is 15.9 Å². The van der Waals surface area contributed by atoms with Crippen molar-refractivity contribution >= 4 is 58.2 Å². The molecule has 0 spiro atoms. The second kappa shape index (κ2) is 13.3. The van der Waals surface area contributed by atoms with Crippen molar-refractivity contribution in [3.63, 3.8) is 0 Å². The summed E-state index contributed by atoms with van der Waals surface area (Å²) in [6.45, 7) is 1.34. The van der Waals surface area contributed by atoms with E-state index in [1.54, 1.807) is 36.4 Å². The summed E-state index contributed by atoms with van der Waals surface area (Å²) in [5, 5.41) is 1.04. The van der Waals surface area contributed by atoms with Crippen molar-refractivity contribution in [1.82, 2.24) is 4.57 Å². The van der Waals surface area contributed by atoms with Gasteiger partial charge in [0, 0.05) is 10.6 Å². The molecule has 0 saturated heterocycles. The highest BCUT2D eigenvalue weighted by atomic mass is 35.5. The molecular weight excluding hydrogens is 676 g/mol. The largest absolute Gasteiger partial charge is 0.493 e.